The molecule has 25 heavy (non-hydrogen) atoms. The second-order valence-corrected chi connectivity index (χ2v) is 6.35. The molecule has 1 aliphatic rings. The lowest BCUT2D eigenvalue weighted by Crippen LogP contribution is -2.21. The van der Waals surface area contributed by atoms with Crippen molar-refractivity contribution < 1.29 is 9.47 Å². The lowest BCUT2D eigenvalue weighted by Gasteiger charge is -2.24. The number of ether oxygens (including phenoxy) is 2. The number of allylic oxidation sites excluding steroid dienone is 1. The minimum atomic E-state index is -0.301. The highest BCUT2D eigenvalue weighted by molar-refractivity contribution is 5.56. The zero-order valence-corrected chi connectivity index (χ0v) is 14.7. The van der Waals surface area contributed by atoms with E-state index >= 15 is 0 Å². The van der Waals surface area contributed by atoms with Gasteiger partial charge in [0.1, 0.15) is 17.4 Å². The van der Waals surface area contributed by atoms with Crippen molar-refractivity contribution in [1.29, 1.82) is 5.26 Å². The minimum absolute atomic E-state index is 0.105. The molecule has 1 aromatic carbocycles. The quantitative estimate of drug-likeness (QED) is 0.869. The van der Waals surface area contributed by atoms with Gasteiger partial charge in [0.05, 0.1) is 18.1 Å². The Kier molecular flexibility index (Phi) is 4.66. The summed E-state index contributed by atoms with van der Waals surface area (Å²) in [5, 5.41) is 16.9. The summed E-state index contributed by atoms with van der Waals surface area (Å²) in [6.45, 7) is 6.88. The summed E-state index contributed by atoms with van der Waals surface area (Å²) in [6.07, 6.45) is 0.954. The van der Waals surface area contributed by atoms with Crippen LogP contribution < -0.4 is 15.2 Å². The van der Waals surface area contributed by atoms with E-state index in [0.29, 0.717) is 18.1 Å². The molecule has 3 N–H and O–H groups in total. The molecule has 0 fully saturated rings. The highest BCUT2D eigenvalue weighted by atomic mass is 16.5. The zero-order valence-electron chi connectivity index (χ0n) is 14.7. The maximum absolute atomic E-state index is 9.63. The van der Waals surface area contributed by atoms with Crippen molar-refractivity contribution in [3.05, 3.63) is 52.5 Å². The number of hydrogen-bond donors (Lipinski definition) is 2. The summed E-state index contributed by atoms with van der Waals surface area (Å²) in [7, 11) is 0. The standard InChI is InChI=1S/C19H22N4O2/c1-4-9-24-13-7-5-12(6-8-13)15-14(10-20)18(21)25-19-16(15)17(11(2)3)22-23-19/h5-8,11,15H,4,9,21H2,1-3H3,(H,22,23)/t15-/m0/s1. The highest BCUT2D eigenvalue weighted by Crippen LogP contribution is 2.44. The van der Waals surface area contributed by atoms with E-state index < -0.39 is 0 Å². The number of nitrogens with two attached hydrogens (primary N) is 1. The maximum Gasteiger partial charge on any atom is 0.244 e. The molecule has 0 aliphatic carbocycles. The Morgan fingerprint density at radius 2 is 2.08 bits per heavy atom. The monoisotopic (exact) mass is 338 g/mol. The van der Waals surface area contributed by atoms with E-state index in [4.69, 9.17) is 15.2 Å². The number of aromatic nitrogens is 2. The van der Waals surface area contributed by atoms with Crippen LogP contribution in [0, 0.1) is 11.3 Å². The van der Waals surface area contributed by atoms with Crippen LogP contribution in [0.2, 0.25) is 0 Å². The van der Waals surface area contributed by atoms with Crippen LogP contribution in [0.4, 0.5) is 0 Å². The van der Waals surface area contributed by atoms with Crippen LogP contribution in [0.1, 0.15) is 55.8 Å². The van der Waals surface area contributed by atoms with Gasteiger partial charge in [-0.05, 0) is 30.0 Å². The second-order valence-electron chi connectivity index (χ2n) is 6.35. The van der Waals surface area contributed by atoms with Crippen LogP contribution in [0.25, 0.3) is 0 Å². The van der Waals surface area contributed by atoms with E-state index in [2.05, 4.69) is 37.0 Å². The summed E-state index contributed by atoms with van der Waals surface area (Å²) in [6, 6.07) is 9.97. The van der Waals surface area contributed by atoms with Gasteiger partial charge in [-0.1, -0.05) is 32.9 Å². The molecule has 0 saturated carbocycles. The van der Waals surface area contributed by atoms with E-state index in [1.54, 1.807) is 0 Å². The normalized spacial score (nSPS) is 16.4. The number of hydrogen-bond acceptors (Lipinski definition) is 5. The van der Waals surface area contributed by atoms with Crippen molar-refractivity contribution in [2.24, 2.45) is 5.73 Å². The average molecular weight is 338 g/mol. The number of nitriles is 1. The molecule has 3 rings (SSSR count). The third kappa shape index (κ3) is 3.05. The SMILES string of the molecule is CCCOc1ccc([C@H]2C(C#N)=C(N)Oc3n[nH]c(C(C)C)c32)cc1. The lowest BCUT2D eigenvalue weighted by atomic mass is 9.82. The van der Waals surface area contributed by atoms with Crippen molar-refractivity contribution in [2.45, 2.75) is 39.0 Å². The molecular formula is C19H22N4O2. The number of nitrogens with one attached hydrogen (secondary N) is 1. The topological polar surface area (TPSA) is 96.9 Å². The van der Waals surface area contributed by atoms with Gasteiger partial charge in [0.25, 0.3) is 0 Å². The van der Waals surface area contributed by atoms with E-state index in [9.17, 15) is 5.26 Å². The van der Waals surface area contributed by atoms with Gasteiger partial charge in [-0.25, -0.2) is 0 Å². The number of aromatic amines is 1. The predicted octanol–water partition coefficient (Wildman–Crippen LogP) is 3.54. The molecule has 0 unspecified atom stereocenters. The fourth-order valence-electron chi connectivity index (χ4n) is 3.02. The number of H-pyrrole nitrogens is 1. The molecule has 0 radical (unpaired) electrons. The van der Waals surface area contributed by atoms with Gasteiger partial charge in [-0.15, -0.1) is 5.10 Å². The van der Waals surface area contributed by atoms with Gasteiger partial charge in [-0.3, -0.25) is 5.10 Å². The van der Waals surface area contributed by atoms with Crippen LogP contribution in [0.5, 0.6) is 11.6 Å². The molecule has 0 spiro atoms. The van der Waals surface area contributed by atoms with Gasteiger partial charge in [0, 0.05) is 5.69 Å². The smallest absolute Gasteiger partial charge is 0.244 e. The van der Waals surface area contributed by atoms with Crippen molar-refractivity contribution in [2.75, 3.05) is 6.61 Å². The van der Waals surface area contributed by atoms with Crippen molar-refractivity contribution in [1.82, 2.24) is 10.2 Å². The molecule has 0 bridgehead atoms. The maximum atomic E-state index is 9.63. The van der Waals surface area contributed by atoms with Crippen LogP contribution in [0.15, 0.2) is 35.7 Å². The third-order valence-electron chi connectivity index (χ3n) is 4.23. The molecule has 0 saturated heterocycles. The largest absolute Gasteiger partial charge is 0.494 e. The molecule has 1 atom stereocenters. The predicted molar refractivity (Wildman–Crippen MR) is 94.2 cm³/mol. The Morgan fingerprint density at radius 1 is 1.36 bits per heavy atom. The first-order valence-corrected chi connectivity index (χ1v) is 8.45. The Bertz CT molecular complexity index is 828. The number of rotatable bonds is 5. The second kappa shape index (κ2) is 6.89. The Hall–Kier alpha value is -2.94. The molecule has 1 aromatic heterocycles. The number of nitrogens with zero attached hydrogens (tertiary/aromatic N) is 2. The summed E-state index contributed by atoms with van der Waals surface area (Å²) in [4.78, 5) is 0. The summed E-state index contributed by atoms with van der Waals surface area (Å²) >= 11 is 0. The Balaban J connectivity index is 2.07. The van der Waals surface area contributed by atoms with Gasteiger partial charge in [0.2, 0.25) is 11.8 Å². The van der Waals surface area contributed by atoms with Crippen LogP contribution >= 0.6 is 0 Å². The molecule has 6 nitrogen and oxygen atoms in total. The molecule has 2 heterocycles. The zero-order chi connectivity index (χ0) is 18.0. The van der Waals surface area contributed by atoms with Crippen molar-refractivity contribution in [3.8, 4) is 17.7 Å². The highest BCUT2D eigenvalue weighted by Gasteiger charge is 2.35. The molecule has 0 amide bonds. The Labute approximate surface area is 147 Å². The van der Waals surface area contributed by atoms with Gasteiger partial charge in [-0.2, -0.15) is 5.26 Å². The first kappa shape index (κ1) is 16.9. The van der Waals surface area contributed by atoms with E-state index in [0.717, 1.165) is 29.0 Å². The first-order valence-electron chi connectivity index (χ1n) is 8.45. The van der Waals surface area contributed by atoms with Crippen LogP contribution in [-0.2, 0) is 0 Å². The summed E-state index contributed by atoms with van der Waals surface area (Å²) in [5.41, 5.74) is 9.15. The van der Waals surface area contributed by atoms with Gasteiger partial charge < -0.3 is 15.2 Å². The molecule has 6 heteroatoms. The van der Waals surface area contributed by atoms with Gasteiger partial charge in [0.15, 0.2) is 0 Å². The molecule has 1 aliphatic heterocycles. The average Bonchev–Trinajstić information content (AvgIpc) is 3.02. The van der Waals surface area contributed by atoms with E-state index in [1.165, 1.54) is 0 Å². The first-order chi connectivity index (χ1) is 12.1. The number of benzene rings is 1. The lowest BCUT2D eigenvalue weighted by molar-refractivity contribution is 0.317. The molecular weight excluding hydrogens is 316 g/mol. The third-order valence-corrected chi connectivity index (χ3v) is 4.23. The Morgan fingerprint density at radius 3 is 2.68 bits per heavy atom. The fraction of sp³-hybridized carbons (Fsp3) is 0.368. The molecule has 2 aromatic rings. The van der Waals surface area contributed by atoms with Crippen LogP contribution in [-0.4, -0.2) is 16.8 Å². The van der Waals surface area contributed by atoms with Crippen molar-refractivity contribution in [3.63, 3.8) is 0 Å². The molecule has 130 valence electrons. The van der Waals surface area contributed by atoms with Crippen molar-refractivity contribution >= 4 is 0 Å². The minimum Gasteiger partial charge on any atom is -0.494 e. The fourth-order valence-corrected chi connectivity index (χ4v) is 3.02. The van der Waals surface area contributed by atoms with E-state index in [1.807, 2.05) is 24.3 Å². The number of fused-ring (bicyclic) bond motifs is 1. The van der Waals surface area contributed by atoms with E-state index in [-0.39, 0.29) is 17.7 Å². The summed E-state index contributed by atoms with van der Waals surface area (Å²) < 4.78 is 11.2. The van der Waals surface area contributed by atoms with Crippen LogP contribution in [0.3, 0.4) is 0 Å². The summed E-state index contributed by atoms with van der Waals surface area (Å²) in [5.74, 6) is 1.27. The van der Waals surface area contributed by atoms with Gasteiger partial charge >= 0.3 is 0 Å².